The van der Waals surface area contributed by atoms with Crippen molar-refractivity contribution in [3.05, 3.63) is 29.3 Å². The quantitative estimate of drug-likeness (QED) is 0.819. The van der Waals surface area contributed by atoms with E-state index in [0.29, 0.717) is 18.1 Å². The number of ether oxygens (including phenoxy) is 1. The molecule has 3 rings (SSSR count). The number of aryl methyl sites for hydroxylation is 1. The van der Waals surface area contributed by atoms with Gasteiger partial charge in [0.05, 0.1) is 12.2 Å². The van der Waals surface area contributed by atoms with Crippen LogP contribution < -0.4 is 16.4 Å². The fourth-order valence-corrected chi connectivity index (χ4v) is 3.72. The zero-order chi connectivity index (χ0) is 18.0. The Morgan fingerprint density at radius 2 is 2.00 bits per heavy atom. The third-order valence-electron chi connectivity index (χ3n) is 4.81. The van der Waals surface area contributed by atoms with E-state index in [1.807, 2.05) is 24.0 Å². The third kappa shape index (κ3) is 3.18. The maximum Gasteiger partial charge on any atom is 0.338 e. The van der Waals surface area contributed by atoms with Crippen LogP contribution >= 0.6 is 0 Å². The molecule has 1 heterocycles. The van der Waals surface area contributed by atoms with Crippen LogP contribution in [0.3, 0.4) is 0 Å². The number of nitrogens with zero attached hydrogens (tertiary/aromatic N) is 3. The average Bonchev–Trinajstić information content (AvgIpc) is 2.55. The first-order chi connectivity index (χ1) is 12.0. The molecule has 1 saturated carbocycles. The number of hydrogen-bond acceptors (Lipinski definition) is 7. The van der Waals surface area contributed by atoms with Gasteiger partial charge in [-0.1, -0.05) is 6.42 Å². The Kier molecular flexibility index (Phi) is 4.65. The molecule has 1 spiro atoms. The second-order valence-corrected chi connectivity index (χ2v) is 6.54. The maximum atomic E-state index is 12.0. The Hall–Kier alpha value is -2.57. The van der Waals surface area contributed by atoms with Gasteiger partial charge in [0.1, 0.15) is 5.66 Å². The van der Waals surface area contributed by atoms with Crippen molar-refractivity contribution in [3.63, 3.8) is 0 Å². The first kappa shape index (κ1) is 17.3. The third-order valence-corrected chi connectivity index (χ3v) is 4.81. The minimum absolute atomic E-state index is 0.232. The molecule has 1 aliphatic carbocycles. The number of anilines is 1. The van der Waals surface area contributed by atoms with Gasteiger partial charge in [-0.15, -0.1) is 0 Å². The molecule has 25 heavy (non-hydrogen) atoms. The summed E-state index contributed by atoms with van der Waals surface area (Å²) < 4.78 is 5.10. The minimum Gasteiger partial charge on any atom is -0.462 e. The lowest BCUT2D eigenvalue weighted by atomic mass is 9.87. The van der Waals surface area contributed by atoms with Crippen molar-refractivity contribution in [1.82, 2.24) is 0 Å². The van der Waals surface area contributed by atoms with Gasteiger partial charge in [-0.3, -0.25) is 4.90 Å². The largest absolute Gasteiger partial charge is 0.462 e. The predicted molar refractivity (Wildman–Crippen MR) is 98.7 cm³/mol. The highest BCUT2D eigenvalue weighted by Crippen LogP contribution is 2.39. The molecule has 1 aromatic rings. The second-order valence-electron chi connectivity index (χ2n) is 6.54. The normalized spacial score (nSPS) is 19.4. The Labute approximate surface area is 147 Å². The Bertz CT molecular complexity index is 735. The first-order valence-electron chi connectivity index (χ1n) is 8.74. The molecule has 0 unspecified atom stereocenters. The highest BCUT2D eigenvalue weighted by molar-refractivity contribution is 6.06. The molecule has 4 N–H and O–H groups in total. The number of benzene rings is 1. The minimum atomic E-state index is -0.480. The van der Waals surface area contributed by atoms with Crippen LogP contribution in [-0.4, -0.2) is 30.2 Å². The molecule has 1 aromatic carbocycles. The number of guanidine groups is 2. The van der Waals surface area contributed by atoms with Crippen molar-refractivity contribution in [1.29, 1.82) is 0 Å². The number of carbonyl (C=O) groups excluding carboxylic acids is 1. The Morgan fingerprint density at radius 1 is 1.28 bits per heavy atom. The van der Waals surface area contributed by atoms with Gasteiger partial charge in [-0.2, -0.15) is 4.99 Å². The van der Waals surface area contributed by atoms with Crippen LogP contribution in [0.5, 0.6) is 0 Å². The number of carbonyl (C=O) groups is 1. The topological polar surface area (TPSA) is 106 Å². The highest BCUT2D eigenvalue weighted by Gasteiger charge is 2.42. The smallest absolute Gasteiger partial charge is 0.338 e. The van der Waals surface area contributed by atoms with Crippen molar-refractivity contribution >= 4 is 23.6 Å². The van der Waals surface area contributed by atoms with Gasteiger partial charge in [-0.25, -0.2) is 9.79 Å². The van der Waals surface area contributed by atoms with Gasteiger partial charge in [0.15, 0.2) is 0 Å². The molecule has 134 valence electrons. The van der Waals surface area contributed by atoms with Crippen LogP contribution in [0.15, 0.2) is 28.2 Å². The number of rotatable bonds is 3. The van der Waals surface area contributed by atoms with E-state index in [2.05, 4.69) is 9.98 Å². The summed E-state index contributed by atoms with van der Waals surface area (Å²) in [5.41, 5.74) is 13.9. The number of aliphatic imine (C=N–C) groups is 2. The summed E-state index contributed by atoms with van der Waals surface area (Å²) in [6.07, 6.45) is 5.08. The van der Waals surface area contributed by atoms with E-state index in [-0.39, 0.29) is 11.9 Å². The van der Waals surface area contributed by atoms with E-state index in [1.165, 1.54) is 6.42 Å². The van der Waals surface area contributed by atoms with Crippen LogP contribution in [0, 0.1) is 6.92 Å². The van der Waals surface area contributed by atoms with E-state index in [4.69, 9.17) is 16.2 Å². The molecular weight excluding hydrogens is 318 g/mol. The number of nitrogens with two attached hydrogens (primary N) is 2. The fourth-order valence-electron chi connectivity index (χ4n) is 3.72. The van der Waals surface area contributed by atoms with Crippen molar-refractivity contribution in [2.75, 3.05) is 11.5 Å². The molecule has 0 radical (unpaired) electrons. The summed E-state index contributed by atoms with van der Waals surface area (Å²) in [4.78, 5) is 22.8. The summed E-state index contributed by atoms with van der Waals surface area (Å²) in [6.45, 7) is 4.03. The summed E-state index contributed by atoms with van der Waals surface area (Å²) in [7, 11) is 0. The van der Waals surface area contributed by atoms with Crippen LogP contribution in [0.25, 0.3) is 0 Å². The lowest BCUT2D eigenvalue weighted by molar-refractivity contribution is 0.0525. The average molecular weight is 343 g/mol. The van der Waals surface area contributed by atoms with Crippen LogP contribution in [-0.2, 0) is 4.74 Å². The summed E-state index contributed by atoms with van der Waals surface area (Å²) >= 11 is 0. The molecule has 1 fully saturated rings. The molecule has 2 aliphatic rings. The summed E-state index contributed by atoms with van der Waals surface area (Å²) in [6, 6.07) is 5.57. The SMILES string of the molecule is CCOC(=O)c1ccc(N2C(N)=NC(N)=NC23CCCCC3)cc1C. The molecule has 1 aliphatic heterocycles. The lowest BCUT2D eigenvalue weighted by Crippen LogP contribution is -2.58. The van der Waals surface area contributed by atoms with Crippen LogP contribution in [0.2, 0.25) is 0 Å². The van der Waals surface area contributed by atoms with Crippen molar-refractivity contribution < 1.29 is 9.53 Å². The van der Waals surface area contributed by atoms with Crippen molar-refractivity contribution in [3.8, 4) is 0 Å². The monoisotopic (exact) mass is 343 g/mol. The zero-order valence-corrected chi connectivity index (χ0v) is 14.8. The van der Waals surface area contributed by atoms with Gasteiger partial charge >= 0.3 is 5.97 Å². The molecule has 0 atom stereocenters. The molecule has 0 bridgehead atoms. The number of esters is 1. The molecule has 0 saturated heterocycles. The molecular formula is C18H25N5O2. The predicted octanol–water partition coefficient (Wildman–Crippen LogP) is 2.28. The standard InChI is InChI=1S/C18H25N5O2/c1-3-25-15(24)14-8-7-13(11-12(14)2)23-17(20)21-16(19)22-18(23)9-5-4-6-10-18/h7-8,11H,3-6,9-10H2,1-2H3,(H4,19,20,21,22). The molecule has 0 aromatic heterocycles. The Morgan fingerprint density at radius 3 is 2.64 bits per heavy atom. The summed E-state index contributed by atoms with van der Waals surface area (Å²) in [5, 5.41) is 0. The van der Waals surface area contributed by atoms with Gasteiger partial charge in [0.25, 0.3) is 0 Å². The van der Waals surface area contributed by atoms with Crippen LogP contribution in [0.4, 0.5) is 5.69 Å². The molecule has 7 heteroatoms. The highest BCUT2D eigenvalue weighted by atomic mass is 16.5. The van der Waals surface area contributed by atoms with E-state index < -0.39 is 5.66 Å². The van der Waals surface area contributed by atoms with E-state index in [1.54, 1.807) is 13.0 Å². The van der Waals surface area contributed by atoms with Gasteiger partial charge in [0, 0.05) is 5.69 Å². The molecule has 0 amide bonds. The molecule has 7 nitrogen and oxygen atoms in total. The maximum absolute atomic E-state index is 12.0. The van der Waals surface area contributed by atoms with Gasteiger partial charge < -0.3 is 16.2 Å². The van der Waals surface area contributed by atoms with Crippen molar-refractivity contribution in [2.24, 2.45) is 21.5 Å². The van der Waals surface area contributed by atoms with E-state index in [9.17, 15) is 4.79 Å². The zero-order valence-electron chi connectivity index (χ0n) is 14.8. The van der Waals surface area contributed by atoms with Crippen LogP contribution in [0.1, 0.15) is 54.9 Å². The van der Waals surface area contributed by atoms with Crippen molar-refractivity contribution in [2.45, 2.75) is 51.6 Å². The van der Waals surface area contributed by atoms with Gasteiger partial charge in [0.2, 0.25) is 11.9 Å². The van der Waals surface area contributed by atoms with E-state index in [0.717, 1.165) is 36.9 Å². The van der Waals surface area contributed by atoms with Gasteiger partial charge in [-0.05, 0) is 63.3 Å². The lowest BCUT2D eigenvalue weighted by Gasteiger charge is -2.45. The Balaban J connectivity index is 2.00. The first-order valence-corrected chi connectivity index (χ1v) is 8.74. The van der Waals surface area contributed by atoms with E-state index >= 15 is 0 Å². The fraction of sp³-hybridized carbons (Fsp3) is 0.500. The number of hydrogen-bond donors (Lipinski definition) is 2. The summed E-state index contributed by atoms with van der Waals surface area (Å²) in [5.74, 6) is 0.259. The second kappa shape index (κ2) is 6.74.